The molecule has 2 aromatic rings. The summed E-state index contributed by atoms with van der Waals surface area (Å²) in [5, 5.41) is 7.79. The van der Waals surface area contributed by atoms with E-state index in [-0.39, 0.29) is 0 Å². The molecule has 1 fully saturated rings. The monoisotopic (exact) mass is 316 g/mol. The number of aryl methyl sites for hydroxylation is 1. The van der Waals surface area contributed by atoms with Gasteiger partial charge in [-0.3, -0.25) is 4.68 Å². The Kier molecular flexibility index (Phi) is 5.19. The third-order valence-electron chi connectivity index (χ3n) is 3.86. The topological polar surface area (TPSA) is 68.1 Å². The summed E-state index contributed by atoms with van der Waals surface area (Å²) in [6.45, 7) is 9.02. The summed E-state index contributed by atoms with van der Waals surface area (Å²) in [5.41, 5.74) is 2.27. The standard InChI is InChI=1S/C16H24N6O/c1-13-7-20-22(11-13)12-14(2)17-8-15-9-18-16(19-10-15)21-3-5-23-6-4-21/h7,9-11,14,17H,3-6,8,12H2,1-2H3. The van der Waals surface area contributed by atoms with Gasteiger partial charge < -0.3 is 15.0 Å². The van der Waals surface area contributed by atoms with Crippen molar-refractivity contribution in [2.45, 2.75) is 33.0 Å². The maximum absolute atomic E-state index is 5.35. The summed E-state index contributed by atoms with van der Waals surface area (Å²) in [7, 11) is 0. The summed E-state index contributed by atoms with van der Waals surface area (Å²) >= 11 is 0. The van der Waals surface area contributed by atoms with Crippen molar-refractivity contribution in [3.63, 3.8) is 0 Å². The van der Waals surface area contributed by atoms with Crippen LogP contribution in [-0.2, 0) is 17.8 Å². The van der Waals surface area contributed by atoms with Gasteiger partial charge in [0.1, 0.15) is 0 Å². The van der Waals surface area contributed by atoms with Gasteiger partial charge in [0, 0.05) is 49.8 Å². The second kappa shape index (κ2) is 7.52. The average Bonchev–Trinajstić information content (AvgIpc) is 2.99. The van der Waals surface area contributed by atoms with Crippen molar-refractivity contribution in [3.05, 3.63) is 35.9 Å². The predicted octanol–water partition coefficient (Wildman–Crippen LogP) is 0.996. The largest absolute Gasteiger partial charge is 0.378 e. The molecule has 2 aromatic heterocycles. The lowest BCUT2D eigenvalue weighted by atomic mass is 10.3. The molecule has 0 spiro atoms. The lowest BCUT2D eigenvalue weighted by Gasteiger charge is -2.26. The number of anilines is 1. The normalized spacial score (nSPS) is 16.5. The van der Waals surface area contributed by atoms with Gasteiger partial charge in [0.05, 0.1) is 26.0 Å². The Morgan fingerprint density at radius 2 is 1.96 bits per heavy atom. The van der Waals surface area contributed by atoms with E-state index in [1.54, 1.807) is 0 Å². The van der Waals surface area contributed by atoms with Crippen LogP contribution >= 0.6 is 0 Å². The number of nitrogens with zero attached hydrogens (tertiary/aromatic N) is 5. The first kappa shape index (κ1) is 15.9. The fourth-order valence-electron chi connectivity index (χ4n) is 2.57. The molecule has 0 radical (unpaired) electrons. The molecule has 1 N–H and O–H groups in total. The SMILES string of the molecule is Cc1cnn(CC(C)NCc2cnc(N3CCOCC3)nc2)c1. The number of rotatable bonds is 6. The molecule has 1 aliphatic heterocycles. The number of hydrogen-bond acceptors (Lipinski definition) is 6. The minimum Gasteiger partial charge on any atom is -0.378 e. The van der Waals surface area contributed by atoms with E-state index < -0.39 is 0 Å². The van der Waals surface area contributed by atoms with Crippen LogP contribution < -0.4 is 10.2 Å². The molecule has 0 aliphatic carbocycles. The van der Waals surface area contributed by atoms with Crippen LogP contribution in [0.15, 0.2) is 24.8 Å². The Balaban J connectivity index is 1.48. The minimum absolute atomic E-state index is 0.327. The highest BCUT2D eigenvalue weighted by atomic mass is 16.5. The van der Waals surface area contributed by atoms with Gasteiger partial charge in [0.2, 0.25) is 5.95 Å². The summed E-state index contributed by atoms with van der Waals surface area (Å²) in [4.78, 5) is 11.1. The van der Waals surface area contributed by atoms with Crippen molar-refractivity contribution >= 4 is 5.95 Å². The fourth-order valence-corrected chi connectivity index (χ4v) is 2.57. The zero-order valence-electron chi connectivity index (χ0n) is 13.8. The molecule has 0 saturated carbocycles. The average molecular weight is 316 g/mol. The van der Waals surface area contributed by atoms with Crippen molar-refractivity contribution in [3.8, 4) is 0 Å². The summed E-state index contributed by atoms with van der Waals surface area (Å²) in [6.07, 6.45) is 7.73. The van der Waals surface area contributed by atoms with Crippen LogP contribution in [0.1, 0.15) is 18.1 Å². The van der Waals surface area contributed by atoms with Crippen molar-refractivity contribution < 1.29 is 4.74 Å². The van der Waals surface area contributed by atoms with Gasteiger partial charge >= 0.3 is 0 Å². The molecule has 0 amide bonds. The molecule has 1 unspecified atom stereocenters. The minimum atomic E-state index is 0.327. The molecular formula is C16H24N6O. The van der Waals surface area contributed by atoms with Crippen LogP contribution in [0.25, 0.3) is 0 Å². The van der Waals surface area contributed by atoms with E-state index in [2.05, 4.69) is 45.3 Å². The lowest BCUT2D eigenvalue weighted by Crippen LogP contribution is -2.37. The maximum Gasteiger partial charge on any atom is 0.225 e. The van der Waals surface area contributed by atoms with Gasteiger partial charge in [-0.15, -0.1) is 0 Å². The van der Waals surface area contributed by atoms with Crippen molar-refractivity contribution in [1.82, 2.24) is 25.1 Å². The molecule has 7 nitrogen and oxygen atoms in total. The van der Waals surface area contributed by atoms with Crippen molar-refractivity contribution in [2.75, 3.05) is 31.2 Å². The molecule has 3 rings (SSSR count). The molecule has 3 heterocycles. The number of aromatic nitrogens is 4. The molecular weight excluding hydrogens is 292 g/mol. The fraction of sp³-hybridized carbons (Fsp3) is 0.562. The van der Waals surface area contributed by atoms with E-state index in [4.69, 9.17) is 4.74 Å². The van der Waals surface area contributed by atoms with Gasteiger partial charge in [-0.05, 0) is 19.4 Å². The van der Waals surface area contributed by atoms with E-state index in [0.717, 1.165) is 50.9 Å². The zero-order chi connectivity index (χ0) is 16.1. The van der Waals surface area contributed by atoms with Crippen molar-refractivity contribution in [2.24, 2.45) is 0 Å². The van der Waals surface area contributed by atoms with E-state index in [0.29, 0.717) is 6.04 Å². The number of ether oxygens (including phenoxy) is 1. The van der Waals surface area contributed by atoms with E-state index in [1.165, 1.54) is 5.56 Å². The van der Waals surface area contributed by atoms with Gasteiger partial charge in [0.15, 0.2) is 0 Å². The highest BCUT2D eigenvalue weighted by Crippen LogP contribution is 2.09. The van der Waals surface area contributed by atoms with Gasteiger partial charge in [-0.1, -0.05) is 0 Å². The lowest BCUT2D eigenvalue weighted by molar-refractivity contribution is 0.122. The van der Waals surface area contributed by atoms with Crippen LogP contribution in [0, 0.1) is 6.92 Å². The van der Waals surface area contributed by atoms with Crippen molar-refractivity contribution in [1.29, 1.82) is 0 Å². The Morgan fingerprint density at radius 1 is 1.22 bits per heavy atom. The highest BCUT2D eigenvalue weighted by Gasteiger charge is 2.13. The highest BCUT2D eigenvalue weighted by molar-refractivity contribution is 5.30. The molecule has 23 heavy (non-hydrogen) atoms. The Morgan fingerprint density at radius 3 is 2.61 bits per heavy atom. The quantitative estimate of drug-likeness (QED) is 0.857. The smallest absolute Gasteiger partial charge is 0.225 e. The van der Waals surface area contributed by atoms with Gasteiger partial charge in [-0.2, -0.15) is 5.10 Å². The van der Waals surface area contributed by atoms with Crippen LogP contribution in [-0.4, -0.2) is 52.1 Å². The first-order valence-electron chi connectivity index (χ1n) is 8.07. The van der Waals surface area contributed by atoms with Gasteiger partial charge in [-0.25, -0.2) is 9.97 Å². The molecule has 1 atom stereocenters. The Hall–Kier alpha value is -1.99. The third kappa shape index (κ3) is 4.49. The summed E-state index contributed by atoms with van der Waals surface area (Å²) in [6, 6.07) is 0.327. The first-order chi connectivity index (χ1) is 11.2. The Bertz CT molecular complexity index is 605. The third-order valence-corrected chi connectivity index (χ3v) is 3.86. The molecule has 1 saturated heterocycles. The number of morpholine rings is 1. The Labute approximate surface area is 136 Å². The van der Waals surface area contributed by atoms with Crippen LogP contribution in [0.2, 0.25) is 0 Å². The first-order valence-corrected chi connectivity index (χ1v) is 8.07. The summed E-state index contributed by atoms with van der Waals surface area (Å²) in [5.74, 6) is 0.789. The second-order valence-corrected chi connectivity index (χ2v) is 6.01. The zero-order valence-corrected chi connectivity index (χ0v) is 13.8. The van der Waals surface area contributed by atoms with Gasteiger partial charge in [0.25, 0.3) is 0 Å². The molecule has 124 valence electrons. The predicted molar refractivity (Wildman–Crippen MR) is 88.3 cm³/mol. The van der Waals surface area contributed by atoms with E-state index in [9.17, 15) is 0 Å². The second-order valence-electron chi connectivity index (χ2n) is 6.01. The molecule has 0 bridgehead atoms. The number of hydrogen-bond donors (Lipinski definition) is 1. The molecule has 7 heteroatoms. The molecule has 1 aliphatic rings. The number of nitrogens with one attached hydrogen (secondary N) is 1. The maximum atomic E-state index is 5.35. The van der Waals surface area contributed by atoms with Crippen LogP contribution in [0.3, 0.4) is 0 Å². The van der Waals surface area contributed by atoms with Crippen LogP contribution in [0.5, 0.6) is 0 Å². The van der Waals surface area contributed by atoms with Crippen LogP contribution in [0.4, 0.5) is 5.95 Å². The summed E-state index contributed by atoms with van der Waals surface area (Å²) < 4.78 is 7.31. The molecule has 0 aromatic carbocycles. The van der Waals surface area contributed by atoms with E-state index >= 15 is 0 Å². The van der Waals surface area contributed by atoms with E-state index in [1.807, 2.05) is 23.3 Å².